The number of H-pyrrole nitrogens is 1. The van der Waals surface area contributed by atoms with Crippen LogP contribution < -0.4 is 5.32 Å². The number of pyridine rings is 1. The van der Waals surface area contributed by atoms with Gasteiger partial charge >= 0.3 is 0 Å². The second kappa shape index (κ2) is 10.4. The molecule has 0 aliphatic heterocycles. The molecule has 0 saturated carbocycles. The zero-order valence-electron chi connectivity index (χ0n) is 17.6. The summed E-state index contributed by atoms with van der Waals surface area (Å²) in [7, 11) is 0. The molecule has 0 saturated heterocycles. The Hall–Kier alpha value is -3.55. The first kappa shape index (κ1) is 22.6. The molecule has 0 radical (unpaired) electrons. The number of nitrogens with zero attached hydrogens (tertiary/aromatic N) is 2. The van der Waals surface area contributed by atoms with E-state index in [1.807, 2.05) is 18.2 Å². The van der Waals surface area contributed by atoms with Crippen molar-refractivity contribution in [2.75, 3.05) is 6.61 Å². The predicted molar refractivity (Wildman–Crippen MR) is 125 cm³/mol. The average molecular weight is 465 g/mol. The molecule has 0 unspecified atom stereocenters. The van der Waals surface area contributed by atoms with E-state index < -0.39 is 0 Å². The Balaban J connectivity index is 1.61. The fourth-order valence-electron chi connectivity index (χ4n) is 3.62. The molecule has 3 N–H and O–H groups in total. The number of amides is 1. The van der Waals surface area contributed by atoms with Gasteiger partial charge in [0, 0.05) is 42.1 Å². The number of hydrogen-bond donors (Lipinski definition) is 3. The summed E-state index contributed by atoms with van der Waals surface area (Å²) in [6.07, 6.45) is 2.57. The van der Waals surface area contributed by atoms with Gasteiger partial charge in [0.1, 0.15) is 5.82 Å². The number of benzene rings is 2. The van der Waals surface area contributed by atoms with Gasteiger partial charge in [-0.05, 0) is 61.0 Å². The van der Waals surface area contributed by atoms with Crippen molar-refractivity contribution < 1.29 is 14.3 Å². The number of aromatic nitrogens is 3. The number of hydrogen-bond acceptors (Lipinski definition) is 4. The maximum Gasteiger partial charge on any atom is 0.252 e. The second-order valence-electron chi connectivity index (χ2n) is 7.54. The Morgan fingerprint density at radius 1 is 1.12 bits per heavy atom. The van der Waals surface area contributed by atoms with Gasteiger partial charge in [-0.15, -0.1) is 0 Å². The zero-order chi connectivity index (χ0) is 23.2. The molecule has 0 aliphatic rings. The van der Waals surface area contributed by atoms with E-state index in [0.717, 1.165) is 11.3 Å². The van der Waals surface area contributed by atoms with Crippen molar-refractivity contribution in [1.82, 2.24) is 20.5 Å². The topological polar surface area (TPSA) is 90.9 Å². The van der Waals surface area contributed by atoms with Gasteiger partial charge < -0.3 is 10.4 Å². The molecule has 0 bridgehead atoms. The lowest BCUT2D eigenvalue weighted by Crippen LogP contribution is -2.37. The Morgan fingerprint density at radius 3 is 2.67 bits per heavy atom. The quantitative estimate of drug-likeness (QED) is 0.354. The van der Waals surface area contributed by atoms with Crippen molar-refractivity contribution in [2.45, 2.75) is 18.9 Å². The molecule has 6 nitrogen and oxygen atoms in total. The lowest BCUT2D eigenvalue weighted by atomic mass is 10.0. The van der Waals surface area contributed by atoms with Gasteiger partial charge in [-0.1, -0.05) is 23.7 Å². The highest BCUT2D eigenvalue weighted by molar-refractivity contribution is 6.34. The minimum Gasteiger partial charge on any atom is -0.396 e. The first-order valence-corrected chi connectivity index (χ1v) is 10.8. The van der Waals surface area contributed by atoms with E-state index in [1.165, 1.54) is 12.1 Å². The van der Waals surface area contributed by atoms with Gasteiger partial charge in [-0.2, -0.15) is 5.10 Å². The van der Waals surface area contributed by atoms with Gasteiger partial charge in [-0.25, -0.2) is 4.39 Å². The number of aliphatic hydroxyl groups excluding tert-OH is 1. The van der Waals surface area contributed by atoms with Gasteiger partial charge in [0.25, 0.3) is 5.91 Å². The third-order valence-electron chi connectivity index (χ3n) is 5.24. The van der Waals surface area contributed by atoms with Crippen molar-refractivity contribution in [3.63, 3.8) is 0 Å². The fraction of sp³-hybridized carbons (Fsp3) is 0.160. The minimum absolute atomic E-state index is 0.0677. The van der Waals surface area contributed by atoms with E-state index in [1.54, 1.807) is 42.6 Å². The van der Waals surface area contributed by atoms with Gasteiger partial charge in [0.05, 0.1) is 22.0 Å². The molecule has 0 spiro atoms. The summed E-state index contributed by atoms with van der Waals surface area (Å²) in [6, 6.07) is 18.1. The van der Waals surface area contributed by atoms with Crippen LogP contribution in [0.25, 0.3) is 22.5 Å². The molecule has 1 atom stereocenters. The monoisotopic (exact) mass is 464 g/mol. The zero-order valence-corrected chi connectivity index (χ0v) is 18.4. The third-order valence-corrected chi connectivity index (χ3v) is 5.55. The van der Waals surface area contributed by atoms with Crippen LogP contribution in [0.3, 0.4) is 0 Å². The molecule has 168 valence electrons. The highest BCUT2D eigenvalue weighted by atomic mass is 35.5. The highest BCUT2D eigenvalue weighted by Crippen LogP contribution is 2.32. The van der Waals surface area contributed by atoms with Crippen molar-refractivity contribution >= 4 is 17.5 Å². The largest absolute Gasteiger partial charge is 0.396 e. The molecular weight excluding hydrogens is 443 g/mol. The number of carbonyl (C=O) groups is 1. The number of rotatable bonds is 8. The van der Waals surface area contributed by atoms with Crippen LogP contribution in [-0.2, 0) is 6.42 Å². The van der Waals surface area contributed by atoms with E-state index >= 15 is 0 Å². The molecule has 0 fully saturated rings. The molecule has 0 aliphatic carbocycles. The Morgan fingerprint density at radius 2 is 1.94 bits per heavy atom. The van der Waals surface area contributed by atoms with E-state index in [4.69, 9.17) is 11.6 Å². The second-order valence-corrected chi connectivity index (χ2v) is 7.95. The SMILES string of the molecule is O=C(N[C@@H](CCO)Cc1ccccn1)c1cccc(Cl)c1-c1cc(-c2ccc(F)cc2)n[nH]1. The number of carbonyl (C=O) groups excluding carboxylic acids is 1. The van der Waals surface area contributed by atoms with Crippen molar-refractivity contribution in [1.29, 1.82) is 0 Å². The Kier molecular flexibility index (Phi) is 7.12. The number of halogens is 2. The molecule has 2 aromatic heterocycles. The van der Waals surface area contributed by atoms with Crippen molar-refractivity contribution in [3.05, 3.63) is 95.0 Å². The molecule has 2 aromatic carbocycles. The Labute approximate surface area is 195 Å². The summed E-state index contributed by atoms with van der Waals surface area (Å²) in [5.74, 6) is -0.650. The molecule has 4 aromatic rings. The Bertz CT molecular complexity index is 1230. The van der Waals surface area contributed by atoms with Crippen LogP contribution in [0.4, 0.5) is 4.39 Å². The minimum atomic E-state index is -0.331. The summed E-state index contributed by atoms with van der Waals surface area (Å²) in [5.41, 5.74) is 3.60. The first-order valence-electron chi connectivity index (χ1n) is 10.5. The lowest BCUT2D eigenvalue weighted by molar-refractivity contribution is 0.0930. The van der Waals surface area contributed by atoms with E-state index in [0.29, 0.717) is 40.4 Å². The summed E-state index contributed by atoms with van der Waals surface area (Å²) < 4.78 is 13.3. The van der Waals surface area contributed by atoms with Gasteiger partial charge in [-0.3, -0.25) is 14.9 Å². The summed E-state index contributed by atoms with van der Waals surface area (Å²) in [5, 5.41) is 20.1. The standard InChI is InChI=1S/C25H22ClFN4O2/c26-21-6-3-5-20(25(33)29-19(11-13-32)14-18-4-1-2-12-28-18)24(21)23-15-22(30-31-23)16-7-9-17(27)10-8-16/h1-10,12,15,19,32H,11,13-14H2,(H,29,33)(H,30,31)/t19-/m0/s1. The maximum absolute atomic E-state index is 13.3. The molecular formula is C25H22ClFN4O2. The van der Waals surface area contributed by atoms with Gasteiger partial charge in [0.2, 0.25) is 0 Å². The molecule has 8 heteroatoms. The van der Waals surface area contributed by atoms with Crippen LogP contribution >= 0.6 is 11.6 Å². The van der Waals surface area contributed by atoms with Gasteiger partial charge in [0.15, 0.2) is 0 Å². The molecule has 33 heavy (non-hydrogen) atoms. The van der Waals surface area contributed by atoms with E-state index in [2.05, 4.69) is 20.5 Å². The van der Waals surface area contributed by atoms with Crippen LogP contribution in [0, 0.1) is 5.82 Å². The smallest absolute Gasteiger partial charge is 0.252 e. The van der Waals surface area contributed by atoms with Crippen LogP contribution in [0.15, 0.2) is 72.9 Å². The number of aliphatic hydroxyl groups is 1. The molecule has 4 rings (SSSR count). The predicted octanol–water partition coefficient (Wildman–Crippen LogP) is 4.65. The van der Waals surface area contributed by atoms with E-state index in [-0.39, 0.29) is 24.4 Å². The van der Waals surface area contributed by atoms with Crippen LogP contribution in [0.5, 0.6) is 0 Å². The number of aromatic amines is 1. The fourth-order valence-corrected chi connectivity index (χ4v) is 3.90. The number of nitrogens with one attached hydrogen (secondary N) is 2. The summed E-state index contributed by atoms with van der Waals surface area (Å²) in [4.78, 5) is 17.5. The third kappa shape index (κ3) is 5.45. The van der Waals surface area contributed by atoms with Crippen LogP contribution in [0.1, 0.15) is 22.5 Å². The normalized spacial score (nSPS) is 11.8. The highest BCUT2D eigenvalue weighted by Gasteiger charge is 2.21. The summed E-state index contributed by atoms with van der Waals surface area (Å²) in [6.45, 7) is -0.0677. The molecule has 2 heterocycles. The maximum atomic E-state index is 13.3. The average Bonchev–Trinajstić information content (AvgIpc) is 3.30. The summed E-state index contributed by atoms with van der Waals surface area (Å²) >= 11 is 6.48. The van der Waals surface area contributed by atoms with Crippen molar-refractivity contribution in [2.24, 2.45) is 0 Å². The lowest BCUT2D eigenvalue weighted by Gasteiger charge is -2.19. The van der Waals surface area contributed by atoms with Crippen LogP contribution in [-0.4, -0.2) is 38.8 Å². The first-order chi connectivity index (χ1) is 16.0. The van der Waals surface area contributed by atoms with Crippen molar-refractivity contribution in [3.8, 4) is 22.5 Å². The van der Waals surface area contributed by atoms with E-state index in [9.17, 15) is 14.3 Å². The molecule has 1 amide bonds. The van der Waals surface area contributed by atoms with Crippen LogP contribution in [0.2, 0.25) is 5.02 Å².